The van der Waals surface area contributed by atoms with Crippen molar-refractivity contribution in [2.75, 3.05) is 0 Å². The molecule has 0 unspecified atom stereocenters. The van der Waals surface area contributed by atoms with Crippen LogP contribution in [0, 0.1) is 46.8 Å². The lowest BCUT2D eigenvalue weighted by molar-refractivity contribution is -0.0828. The second-order valence-corrected chi connectivity index (χ2v) is 12.0. The first-order valence-corrected chi connectivity index (χ1v) is 12.1. The molecule has 0 aliphatic heterocycles. The summed E-state index contributed by atoms with van der Waals surface area (Å²) in [6, 6.07) is 0. The van der Waals surface area contributed by atoms with E-state index in [2.05, 4.69) is 13.8 Å². The minimum Gasteiger partial charge on any atom is -0.393 e. The second kappa shape index (κ2) is 7.31. The van der Waals surface area contributed by atoms with Crippen molar-refractivity contribution in [2.24, 2.45) is 46.8 Å². The molecule has 4 saturated carbocycles. The lowest BCUT2D eigenvalue weighted by Gasteiger charge is -2.56. The summed E-state index contributed by atoms with van der Waals surface area (Å²) in [6.07, 6.45) is 14.1. The fourth-order valence-electron chi connectivity index (χ4n) is 8.59. The number of hydrogen-bond acceptors (Lipinski definition) is 2. The largest absolute Gasteiger partial charge is 0.393 e. The lowest BCUT2D eigenvalue weighted by Crippen LogP contribution is -2.49. The molecule has 4 fully saturated rings. The number of aliphatic hydroxyl groups excluding tert-OH is 1. The van der Waals surface area contributed by atoms with Gasteiger partial charge in [-0.05, 0) is 131 Å². The van der Waals surface area contributed by atoms with Crippen LogP contribution in [0.25, 0.3) is 0 Å². The molecule has 4 rings (SSSR count). The lowest BCUT2D eigenvalue weighted by atomic mass is 9.49. The van der Waals surface area contributed by atoms with E-state index in [9.17, 15) is 10.2 Å². The molecule has 0 amide bonds. The van der Waals surface area contributed by atoms with E-state index in [1.165, 1.54) is 51.4 Å². The molecule has 0 heterocycles. The topological polar surface area (TPSA) is 40.5 Å². The van der Waals surface area contributed by atoms with Crippen molar-refractivity contribution in [2.45, 2.75) is 110 Å². The summed E-state index contributed by atoms with van der Waals surface area (Å²) in [7, 11) is 0. The fraction of sp³-hybridized carbons (Fsp3) is 1.00. The summed E-state index contributed by atoms with van der Waals surface area (Å²) < 4.78 is 0. The zero-order valence-corrected chi connectivity index (χ0v) is 18.3. The van der Waals surface area contributed by atoms with Crippen molar-refractivity contribution < 1.29 is 10.2 Å². The molecule has 0 aromatic heterocycles. The quantitative estimate of drug-likeness (QED) is 0.650. The minimum atomic E-state index is -0.519. The predicted octanol–water partition coefficient (Wildman–Crippen LogP) is 5.80. The summed E-state index contributed by atoms with van der Waals surface area (Å²) in [5.74, 6) is 6.21. The number of aliphatic hydroxyl groups is 2. The maximum absolute atomic E-state index is 10.2. The van der Waals surface area contributed by atoms with E-state index in [0.717, 1.165) is 60.7 Å². The Morgan fingerprint density at radius 3 is 2.44 bits per heavy atom. The van der Waals surface area contributed by atoms with Gasteiger partial charge in [-0.1, -0.05) is 13.8 Å². The Morgan fingerprint density at radius 2 is 1.70 bits per heavy atom. The molecule has 0 bridgehead atoms. The molecule has 156 valence electrons. The van der Waals surface area contributed by atoms with Gasteiger partial charge in [0.25, 0.3) is 0 Å². The van der Waals surface area contributed by atoms with Crippen molar-refractivity contribution in [3.8, 4) is 0 Å². The van der Waals surface area contributed by atoms with Gasteiger partial charge in [0, 0.05) is 0 Å². The molecule has 0 aromatic carbocycles. The first-order valence-electron chi connectivity index (χ1n) is 12.1. The van der Waals surface area contributed by atoms with Gasteiger partial charge in [0.05, 0.1) is 11.7 Å². The highest BCUT2D eigenvalue weighted by Crippen LogP contribution is 2.65. The highest BCUT2D eigenvalue weighted by Gasteiger charge is 2.57. The summed E-state index contributed by atoms with van der Waals surface area (Å²) in [5, 5.41) is 20.3. The molecule has 0 aromatic rings. The molecule has 4 aliphatic carbocycles. The summed E-state index contributed by atoms with van der Waals surface area (Å²) >= 11 is 0. The maximum atomic E-state index is 10.2. The molecular weight excluding hydrogens is 332 g/mol. The molecule has 0 spiro atoms. The van der Waals surface area contributed by atoms with Gasteiger partial charge < -0.3 is 10.2 Å². The van der Waals surface area contributed by atoms with E-state index in [4.69, 9.17) is 0 Å². The Labute approximate surface area is 167 Å². The summed E-state index contributed by atoms with van der Waals surface area (Å²) in [6.45, 7) is 9.03. The Kier molecular flexibility index (Phi) is 5.47. The number of fused-ring (bicyclic) bond motifs is 5. The van der Waals surface area contributed by atoms with Crippen LogP contribution in [0.2, 0.25) is 0 Å². The van der Waals surface area contributed by atoms with Crippen molar-refractivity contribution >= 4 is 0 Å². The van der Waals surface area contributed by atoms with E-state index < -0.39 is 5.60 Å². The van der Waals surface area contributed by atoms with Crippen LogP contribution in [-0.4, -0.2) is 21.9 Å². The van der Waals surface area contributed by atoms with Crippen molar-refractivity contribution in [1.82, 2.24) is 0 Å². The van der Waals surface area contributed by atoms with E-state index >= 15 is 0 Å². The van der Waals surface area contributed by atoms with Crippen LogP contribution in [0.3, 0.4) is 0 Å². The van der Waals surface area contributed by atoms with E-state index in [0.29, 0.717) is 5.41 Å². The van der Waals surface area contributed by atoms with Crippen LogP contribution in [0.4, 0.5) is 0 Å². The molecule has 27 heavy (non-hydrogen) atoms. The SMILES string of the molecule is C[C@H](CCC(C)(C)O)[C@H]1CC[C@H]2[C@@H]3CC[C@H]4C[C@@H](O)CC[C@@H]4[C@H]3CC[C@]12C. The zero-order chi connectivity index (χ0) is 19.4. The molecule has 0 saturated heterocycles. The third kappa shape index (κ3) is 3.75. The van der Waals surface area contributed by atoms with Crippen LogP contribution in [0.15, 0.2) is 0 Å². The first kappa shape index (κ1) is 20.2. The first-order chi connectivity index (χ1) is 12.7. The van der Waals surface area contributed by atoms with Crippen molar-refractivity contribution in [1.29, 1.82) is 0 Å². The van der Waals surface area contributed by atoms with Gasteiger partial charge in [-0.15, -0.1) is 0 Å². The van der Waals surface area contributed by atoms with Gasteiger partial charge >= 0.3 is 0 Å². The Hall–Kier alpha value is -0.0800. The number of rotatable bonds is 4. The van der Waals surface area contributed by atoms with Crippen LogP contribution >= 0.6 is 0 Å². The van der Waals surface area contributed by atoms with E-state index in [1.807, 2.05) is 13.8 Å². The highest BCUT2D eigenvalue weighted by molar-refractivity contribution is 5.06. The second-order valence-electron chi connectivity index (χ2n) is 12.0. The molecule has 4 aliphatic rings. The molecule has 2 N–H and O–H groups in total. The summed E-state index contributed by atoms with van der Waals surface area (Å²) in [5.41, 5.74) is 0.0238. The predicted molar refractivity (Wildman–Crippen MR) is 111 cm³/mol. The smallest absolute Gasteiger partial charge is 0.0591 e. The monoisotopic (exact) mass is 376 g/mol. The number of hydrogen-bond donors (Lipinski definition) is 2. The molecule has 9 atom stereocenters. The zero-order valence-electron chi connectivity index (χ0n) is 18.3. The molecule has 2 nitrogen and oxygen atoms in total. The van der Waals surface area contributed by atoms with Gasteiger partial charge in [-0.25, -0.2) is 0 Å². The normalized spacial score (nSPS) is 48.4. The van der Waals surface area contributed by atoms with Crippen molar-refractivity contribution in [3.63, 3.8) is 0 Å². The van der Waals surface area contributed by atoms with Crippen LogP contribution in [0.1, 0.15) is 98.3 Å². The molecule has 2 heteroatoms. The maximum Gasteiger partial charge on any atom is 0.0591 e. The van der Waals surface area contributed by atoms with Crippen LogP contribution < -0.4 is 0 Å². The third-order valence-corrected chi connectivity index (χ3v) is 9.90. The van der Waals surface area contributed by atoms with Gasteiger partial charge in [-0.3, -0.25) is 0 Å². The van der Waals surface area contributed by atoms with Crippen LogP contribution in [0.5, 0.6) is 0 Å². The van der Waals surface area contributed by atoms with Crippen LogP contribution in [-0.2, 0) is 0 Å². The standard InChI is InChI=1S/C25H44O2/c1-16(11-13-24(2,3)27)22-9-10-23-21-7-5-17-15-18(26)6-8-19(17)20(21)12-14-25(22,23)4/h16-23,26-27H,5-15H2,1-4H3/t16-,17+,18+,19+,20-,21-,22-,23+,25-/m1/s1. The fourth-order valence-corrected chi connectivity index (χ4v) is 8.59. The molecule has 0 radical (unpaired) electrons. The Balaban J connectivity index is 1.45. The highest BCUT2D eigenvalue weighted by atomic mass is 16.3. The van der Waals surface area contributed by atoms with E-state index in [-0.39, 0.29) is 6.10 Å². The third-order valence-electron chi connectivity index (χ3n) is 9.90. The minimum absolute atomic E-state index is 0.0101. The Morgan fingerprint density at radius 1 is 0.963 bits per heavy atom. The molecular formula is C25H44O2. The van der Waals surface area contributed by atoms with Gasteiger partial charge in [-0.2, -0.15) is 0 Å². The van der Waals surface area contributed by atoms with Gasteiger partial charge in [0.1, 0.15) is 0 Å². The van der Waals surface area contributed by atoms with Crippen molar-refractivity contribution in [3.05, 3.63) is 0 Å². The van der Waals surface area contributed by atoms with E-state index in [1.54, 1.807) is 0 Å². The Bertz CT molecular complexity index is 523. The van der Waals surface area contributed by atoms with Gasteiger partial charge in [0.15, 0.2) is 0 Å². The van der Waals surface area contributed by atoms with Gasteiger partial charge in [0.2, 0.25) is 0 Å². The summed E-state index contributed by atoms with van der Waals surface area (Å²) in [4.78, 5) is 0. The average Bonchev–Trinajstić information content (AvgIpc) is 2.96. The average molecular weight is 377 g/mol.